The average Bonchev–Trinajstić information content (AvgIpc) is 2.55. The number of ether oxygens (including phenoxy) is 1. The van der Waals surface area contributed by atoms with E-state index in [2.05, 4.69) is 17.2 Å². The van der Waals surface area contributed by atoms with Gasteiger partial charge in [0, 0.05) is 18.7 Å². The first-order valence-electron chi connectivity index (χ1n) is 7.24. The van der Waals surface area contributed by atoms with Crippen LogP contribution < -0.4 is 11.1 Å². The number of amides is 1. The number of carbonyl (C=O) groups is 1. The van der Waals surface area contributed by atoms with E-state index in [9.17, 15) is 4.79 Å². The predicted octanol–water partition coefficient (Wildman–Crippen LogP) is 4.24. The summed E-state index contributed by atoms with van der Waals surface area (Å²) in [6.45, 7) is 0.597. The Morgan fingerprint density at radius 3 is 2.50 bits per heavy atom. The summed E-state index contributed by atoms with van der Waals surface area (Å²) >= 11 is 12.1. The normalized spacial score (nSPS) is 9.75. The van der Waals surface area contributed by atoms with Crippen molar-refractivity contribution >= 4 is 35.0 Å². The fourth-order valence-electron chi connectivity index (χ4n) is 1.86. The fraction of sp³-hybridized carbons (Fsp3) is 0.167. The van der Waals surface area contributed by atoms with Gasteiger partial charge in [-0.25, -0.2) is 4.79 Å². The van der Waals surface area contributed by atoms with Crippen LogP contribution in [-0.4, -0.2) is 12.6 Å². The lowest BCUT2D eigenvalue weighted by Crippen LogP contribution is -2.24. The van der Waals surface area contributed by atoms with Gasteiger partial charge in [-0.15, -0.1) is 0 Å². The summed E-state index contributed by atoms with van der Waals surface area (Å²) in [7, 11) is 0. The van der Waals surface area contributed by atoms with E-state index in [4.69, 9.17) is 33.7 Å². The second-order valence-electron chi connectivity index (χ2n) is 4.90. The van der Waals surface area contributed by atoms with E-state index in [0.29, 0.717) is 34.3 Å². The topological polar surface area (TPSA) is 64.3 Å². The van der Waals surface area contributed by atoms with Crippen molar-refractivity contribution in [2.75, 3.05) is 12.3 Å². The van der Waals surface area contributed by atoms with Crippen LogP contribution in [0.2, 0.25) is 10.0 Å². The first-order valence-corrected chi connectivity index (χ1v) is 8.00. The standard InChI is InChI=1S/C18H16Cl2N2O2/c19-16-10-14(21)11-17(20)15(16)8-4-5-9-22-18(23)24-12-13-6-2-1-3-7-13/h1-3,6-7,10-11H,5,9,12,21H2,(H,22,23). The fourth-order valence-corrected chi connectivity index (χ4v) is 2.46. The van der Waals surface area contributed by atoms with Crippen LogP contribution in [0, 0.1) is 11.8 Å². The summed E-state index contributed by atoms with van der Waals surface area (Å²) in [6, 6.07) is 12.6. The van der Waals surface area contributed by atoms with E-state index in [-0.39, 0.29) is 6.61 Å². The molecule has 0 aromatic heterocycles. The van der Waals surface area contributed by atoms with Gasteiger partial charge in [-0.2, -0.15) is 0 Å². The Hall–Kier alpha value is -2.35. The molecule has 4 nitrogen and oxygen atoms in total. The van der Waals surface area contributed by atoms with Crippen molar-refractivity contribution < 1.29 is 9.53 Å². The van der Waals surface area contributed by atoms with Gasteiger partial charge < -0.3 is 15.8 Å². The Bertz CT molecular complexity index is 745. The molecule has 124 valence electrons. The summed E-state index contributed by atoms with van der Waals surface area (Å²) in [5, 5.41) is 3.44. The van der Waals surface area contributed by atoms with E-state index in [1.807, 2.05) is 30.3 Å². The molecule has 0 saturated carbocycles. The van der Waals surface area contributed by atoms with Crippen molar-refractivity contribution in [1.29, 1.82) is 0 Å². The average molecular weight is 363 g/mol. The molecule has 2 aromatic carbocycles. The minimum atomic E-state index is -0.482. The molecule has 0 atom stereocenters. The number of halogens is 2. The highest BCUT2D eigenvalue weighted by Gasteiger charge is 2.04. The Morgan fingerprint density at radius 1 is 1.17 bits per heavy atom. The van der Waals surface area contributed by atoms with Crippen LogP contribution in [0.4, 0.5) is 10.5 Å². The number of hydrogen-bond donors (Lipinski definition) is 2. The molecular formula is C18H16Cl2N2O2. The van der Waals surface area contributed by atoms with Crippen molar-refractivity contribution in [3.8, 4) is 11.8 Å². The monoisotopic (exact) mass is 362 g/mol. The maximum absolute atomic E-state index is 11.6. The first-order chi connectivity index (χ1) is 11.6. The Balaban J connectivity index is 1.74. The molecule has 1 amide bonds. The van der Waals surface area contributed by atoms with Gasteiger partial charge in [0.15, 0.2) is 0 Å². The third-order valence-corrected chi connectivity index (χ3v) is 3.61. The molecule has 0 bridgehead atoms. The van der Waals surface area contributed by atoms with Crippen LogP contribution in [0.1, 0.15) is 17.5 Å². The van der Waals surface area contributed by atoms with Crippen LogP contribution >= 0.6 is 23.2 Å². The molecule has 0 spiro atoms. The van der Waals surface area contributed by atoms with E-state index >= 15 is 0 Å². The quantitative estimate of drug-likeness (QED) is 0.485. The maximum Gasteiger partial charge on any atom is 0.407 e. The largest absolute Gasteiger partial charge is 0.445 e. The smallest absolute Gasteiger partial charge is 0.407 e. The van der Waals surface area contributed by atoms with Crippen LogP contribution in [0.5, 0.6) is 0 Å². The second-order valence-corrected chi connectivity index (χ2v) is 5.71. The number of carbonyl (C=O) groups excluding carboxylic acids is 1. The molecule has 0 aliphatic carbocycles. The third-order valence-electron chi connectivity index (χ3n) is 3.01. The van der Waals surface area contributed by atoms with Crippen LogP contribution in [-0.2, 0) is 11.3 Å². The summed E-state index contributed by atoms with van der Waals surface area (Å²) in [5.41, 5.74) is 7.57. The third kappa shape index (κ3) is 5.69. The van der Waals surface area contributed by atoms with Gasteiger partial charge in [-0.3, -0.25) is 0 Å². The lowest BCUT2D eigenvalue weighted by atomic mass is 10.2. The zero-order valence-corrected chi connectivity index (χ0v) is 14.3. The van der Waals surface area contributed by atoms with Gasteiger partial charge in [0.25, 0.3) is 0 Å². The molecule has 24 heavy (non-hydrogen) atoms. The zero-order chi connectivity index (χ0) is 17.4. The van der Waals surface area contributed by atoms with Crippen LogP contribution in [0.3, 0.4) is 0 Å². The minimum absolute atomic E-state index is 0.231. The molecule has 3 N–H and O–H groups in total. The number of benzene rings is 2. The molecule has 2 aromatic rings. The van der Waals surface area contributed by atoms with Crippen molar-refractivity contribution in [3.05, 3.63) is 63.6 Å². The molecule has 0 radical (unpaired) electrons. The van der Waals surface area contributed by atoms with Crippen LogP contribution in [0.15, 0.2) is 42.5 Å². The van der Waals surface area contributed by atoms with Crippen molar-refractivity contribution in [2.45, 2.75) is 13.0 Å². The number of nitrogens with one attached hydrogen (secondary N) is 1. The lowest BCUT2D eigenvalue weighted by molar-refractivity contribution is 0.140. The molecule has 0 unspecified atom stereocenters. The first kappa shape index (κ1) is 18.0. The maximum atomic E-state index is 11.6. The van der Waals surface area contributed by atoms with E-state index in [0.717, 1.165) is 5.56 Å². The van der Waals surface area contributed by atoms with Crippen LogP contribution in [0.25, 0.3) is 0 Å². The number of anilines is 1. The summed E-state index contributed by atoms with van der Waals surface area (Å²) in [6.07, 6.45) is -0.0403. The van der Waals surface area contributed by atoms with Gasteiger partial charge in [0.1, 0.15) is 6.61 Å². The predicted molar refractivity (Wildman–Crippen MR) is 97.0 cm³/mol. The summed E-state index contributed by atoms with van der Waals surface area (Å²) < 4.78 is 5.09. The molecule has 0 saturated heterocycles. The highest BCUT2D eigenvalue weighted by Crippen LogP contribution is 2.26. The van der Waals surface area contributed by atoms with E-state index in [1.165, 1.54) is 0 Å². The molecule has 0 heterocycles. The molecule has 6 heteroatoms. The summed E-state index contributed by atoms with van der Waals surface area (Å²) in [4.78, 5) is 11.6. The van der Waals surface area contributed by atoms with Gasteiger partial charge in [0.05, 0.1) is 15.6 Å². The molecule has 0 aliphatic heterocycles. The van der Waals surface area contributed by atoms with E-state index < -0.39 is 6.09 Å². The van der Waals surface area contributed by atoms with Crippen molar-refractivity contribution in [1.82, 2.24) is 5.32 Å². The second kappa shape index (κ2) is 9.07. The lowest BCUT2D eigenvalue weighted by Gasteiger charge is -2.05. The number of nitrogens with two attached hydrogens (primary N) is 1. The Morgan fingerprint density at radius 2 is 1.83 bits per heavy atom. The highest BCUT2D eigenvalue weighted by molar-refractivity contribution is 6.37. The summed E-state index contributed by atoms with van der Waals surface area (Å²) in [5.74, 6) is 5.78. The van der Waals surface area contributed by atoms with Gasteiger partial charge >= 0.3 is 6.09 Å². The SMILES string of the molecule is Nc1cc(Cl)c(C#CCCNC(=O)OCc2ccccc2)c(Cl)c1. The van der Waals surface area contributed by atoms with Gasteiger partial charge in [-0.05, 0) is 17.7 Å². The number of alkyl carbamates (subject to hydrolysis) is 1. The molecule has 0 aliphatic rings. The zero-order valence-electron chi connectivity index (χ0n) is 12.8. The van der Waals surface area contributed by atoms with Crippen molar-refractivity contribution in [2.24, 2.45) is 0 Å². The Labute approximate surface area is 150 Å². The number of nitrogen functional groups attached to an aromatic ring is 1. The van der Waals surface area contributed by atoms with Gasteiger partial charge in [0.2, 0.25) is 0 Å². The molecule has 0 fully saturated rings. The van der Waals surface area contributed by atoms with Gasteiger partial charge in [-0.1, -0.05) is 65.4 Å². The Kier molecular flexibility index (Phi) is 6.80. The minimum Gasteiger partial charge on any atom is -0.445 e. The number of hydrogen-bond acceptors (Lipinski definition) is 3. The molecular weight excluding hydrogens is 347 g/mol. The number of rotatable bonds is 4. The highest BCUT2D eigenvalue weighted by atomic mass is 35.5. The van der Waals surface area contributed by atoms with E-state index in [1.54, 1.807) is 12.1 Å². The molecule has 2 rings (SSSR count). The van der Waals surface area contributed by atoms with Crippen molar-refractivity contribution in [3.63, 3.8) is 0 Å².